The Bertz CT molecular complexity index is 1400. The number of nitrogens with zero attached hydrogens (tertiary/aromatic N) is 2. The first kappa shape index (κ1) is 20.0. The summed E-state index contributed by atoms with van der Waals surface area (Å²) in [6.07, 6.45) is 0. The minimum Gasteiger partial charge on any atom is -0.497 e. The number of nitrogens with one attached hydrogen (secondary N) is 2. The number of hydrogen-bond acceptors (Lipinski definition) is 6. The van der Waals surface area contributed by atoms with Crippen molar-refractivity contribution in [2.45, 2.75) is 6.92 Å². The first-order valence-electron chi connectivity index (χ1n) is 9.50. The van der Waals surface area contributed by atoms with Crippen LogP contribution in [0.3, 0.4) is 0 Å². The highest BCUT2D eigenvalue weighted by atomic mass is 16.5. The van der Waals surface area contributed by atoms with Crippen LogP contribution in [0.15, 0.2) is 81.4 Å². The fourth-order valence-corrected chi connectivity index (χ4v) is 3.34. The fourth-order valence-electron chi connectivity index (χ4n) is 3.34. The van der Waals surface area contributed by atoms with E-state index in [9.17, 15) is 14.7 Å². The molecule has 1 heterocycles. The fraction of sp³-hybridized carbons (Fsp3) is 0.0870. The van der Waals surface area contributed by atoms with Crippen LogP contribution in [0, 0.1) is 0 Å². The molecule has 31 heavy (non-hydrogen) atoms. The smallest absolute Gasteiger partial charge is 0.335 e. The molecule has 0 atom stereocenters. The van der Waals surface area contributed by atoms with Gasteiger partial charge in [0.1, 0.15) is 11.3 Å². The van der Waals surface area contributed by atoms with Crippen LogP contribution < -0.4 is 21.4 Å². The molecule has 0 aliphatic carbocycles. The highest BCUT2D eigenvalue weighted by molar-refractivity contribution is 6.01. The lowest BCUT2D eigenvalue weighted by Crippen LogP contribution is -2.32. The van der Waals surface area contributed by atoms with Gasteiger partial charge in [-0.25, -0.2) is 9.36 Å². The zero-order chi connectivity index (χ0) is 22.0. The summed E-state index contributed by atoms with van der Waals surface area (Å²) >= 11 is 0. The van der Waals surface area contributed by atoms with E-state index in [4.69, 9.17) is 4.74 Å². The van der Waals surface area contributed by atoms with Crippen LogP contribution in [0.4, 0.5) is 5.69 Å². The maximum Gasteiger partial charge on any atom is 0.335 e. The van der Waals surface area contributed by atoms with Crippen LogP contribution in [0.2, 0.25) is 0 Å². The Morgan fingerprint density at radius 3 is 2.48 bits per heavy atom. The summed E-state index contributed by atoms with van der Waals surface area (Å²) < 4.78 is 6.12. The summed E-state index contributed by atoms with van der Waals surface area (Å²) in [5, 5.41) is 17.0. The molecule has 4 aromatic rings. The van der Waals surface area contributed by atoms with Crippen LogP contribution in [-0.2, 0) is 0 Å². The molecule has 3 N–H and O–H groups in total. The summed E-state index contributed by atoms with van der Waals surface area (Å²) in [4.78, 5) is 27.1. The summed E-state index contributed by atoms with van der Waals surface area (Å²) in [6, 6.07) is 20.0. The summed E-state index contributed by atoms with van der Waals surface area (Å²) in [5.74, 6) is 0.0952. The first-order chi connectivity index (χ1) is 15.0. The Labute approximate surface area is 177 Å². The lowest BCUT2D eigenvalue weighted by atomic mass is 10.1. The van der Waals surface area contributed by atoms with Crippen molar-refractivity contribution in [3.05, 3.63) is 93.1 Å². The number of methoxy groups -OCH3 is 1. The van der Waals surface area contributed by atoms with Crippen molar-refractivity contribution in [2.24, 2.45) is 5.10 Å². The van der Waals surface area contributed by atoms with Crippen molar-refractivity contribution in [3.8, 4) is 17.3 Å². The molecule has 156 valence electrons. The van der Waals surface area contributed by atoms with Gasteiger partial charge in [-0.3, -0.25) is 15.2 Å². The Balaban J connectivity index is 1.76. The van der Waals surface area contributed by atoms with Crippen molar-refractivity contribution < 1.29 is 9.84 Å². The van der Waals surface area contributed by atoms with Crippen LogP contribution in [0.25, 0.3) is 16.5 Å². The zero-order valence-corrected chi connectivity index (χ0v) is 16.9. The number of anilines is 1. The van der Waals surface area contributed by atoms with E-state index in [0.29, 0.717) is 11.4 Å². The number of hydrazone groups is 1. The van der Waals surface area contributed by atoms with Gasteiger partial charge in [0.15, 0.2) is 0 Å². The second-order valence-corrected chi connectivity index (χ2v) is 6.83. The van der Waals surface area contributed by atoms with E-state index >= 15 is 0 Å². The van der Waals surface area contributed by atoms with Crippen LogP contribution in [0.5, 0.6) is 11.6 Å². The third kappa shape index (κ3) is 3.78. The predicted molar refractivity (Wildman–Crippen MR) is 121 cm³/mol. The predicted octanol–water partition coefficient (Wildman–Crippen LogP) is 3.23. The van der Waals surface area contributed by atoms with E-state index in [-0.39, 0.29) is 11.3 Å². The molecular weight excluding hydrogens is 396 g/mol. The number of hydrogen-bond donors (Lipinski definition) is 3. The monoisotopic (exact) mass is 416 g/mol. The van der Waals surface area contributed by atoms with Gasteiger partial charge in [0.25, 0.3) is 5.56 Å². The number of aromatic amines is 1. The molecule has 0 saturated carbocycles. The molecule has 8 nitrogen and oxygen atoms in total. The van der Waals surface area contributed by atoms with Gasteiger partial charge in [0.2, 0.25) is 5.88 Å². The highest BCUT2D eigenvalue weighted by Crippen LogP contribution is 2.24. The molecule has 0 spiro atoms. The molecule has 1 aromatic heterocycles. The molecule has 0 unspecified atom stereocenters. The van der Waals surface area contributed by atoms with Crippen molar-refractivity contribution in [1.82, 2.24) is 9.55 Å². The number of benzene rings is 3. The number of rotatable bonds is 5. The molecule has 3 aromatic carbocycles. The SMILES string of the molecule is COc1ccc(-n2c(O)c(/C(C)=N/Nc3cccc4ccccc34)c(=O)[nH]c2=O)cc1. The van der Waals surface area contributed by atoms with Crippen molar-refractivity contribution in [2.75, 3.05) is 12.5 Å². The van der Waals surface area contributed by atoms with Crippen LogP contribution in [-0.4, -0.2) is 27.5 Å². The Morgan fingerprint density at radius 1 is 1.03 bits per heavy atom. The lowest BCUT2D eigenvalue weighted by Gasteiger charge is -2.12. The molecule has 0 fully saturated rings. The molecule has 8 heteroatoms. The third-order valence-electron chi connectivity index (χ3n) is 4.91. The van der Waals surface area contributed by atoms with Crippen molar-refractivity contribution in [3.63, 3.8) is 0 Å². The Morgan fingerprint density at radius 2 is 1.74 bits per heavy atom. The maximum absolute atomic E-state index is 12.5. The van der Waals surface area contributed by atoms with E-state index in [2.05, 4.69) is 15.5 Å². The first-order valence-corrected chi connectivity index (χ1v) is 9.50. The third-order valence-corrected chi connectivity index (χ3v) is 4.91. The highest BCUT2D eigenvalue weighted by Gasteiger charge is 2.18. The van der Waals surface area contributed by atoms with Gasteiger partial charge in [-0.1, -0.05) is 36.4 Å². The standard InChI is InChI=1S/C23H20N4O4/c1-14(25-26-19-9-5-7-15-6-3-4-8-18(15)19)20-21(28)24-23(30)27(22(20)29)16-10-12-17(31-2)13-11-16/h3-13,26,29H,1-2H3,(H,24,28,30)/b25-14+. The van der Waals surface area contributed by atoms with Gasteiger partial charge in [-0.15, -0.1) is 0 Å². The average molecular weight is 416 g/mol. The minimum atomic E-state index is -0.758. The largest absolute Gasteiger partial charge is 0.497 e. The van der Waals surface area contributed by atoms with Crippen LogP contribution in [0.1, 0.15) is 12.5 Å². The number of H-pyrrole nitrogens is 1. The molecule has 0 aliphatic rings. The quantitative estimate of drug-likeness (QED) is 0.342. The van der Waals surface area contributed by atoms with Crippen LogP contribution >= 0.6 is 0 Å². The Hall–Kier alpha value is -4.33. The van der Waals surface area contributed by atoms with Gasteiger partial charge >= 0.3 is 5.69 Å². The van der Waals surface area contributed by atoms with E-state index in [1.807, 2.05) is 42.5 Å². The van der Waals surface area contributed by atoms with Gasteiger partial charge in [-0.2, -0.15) is 5.10 Å². The summed E-state index contributed by atoms with van der Waals surface area (Å²) in [6.45, 7) is 1.57. The molecule has 0 saturated heterocycles. The number of aromatic hydroxyl groups is 1. The maximum atomic E-state index is 12.5. The van der Waals surface area contributed by atoms with E-state index in [1.54, 1.807) is 31.2 Å². The lowest BCUT2D eigenvalue weighted by molar-refractivity contribution is 0.414. The Kier molecular flexibility index (Phi) is 5.28. The van der Waals surface area contributed by atoms with E-state index < -0.39 is 17.1 Å². The molecule has 0 radical (unpaired) electrons. The number of aromatic nitrogens is 2. The molecule has 0 amide bonds. The minimum absolute atomic E-state index is 0.108. The van der Waals surface area contributed by atoms with Crippen molar-refractivity contribution in [1.29, 1.82) is 0 Å². The summed E-state index contributed by atoms with van der Waals surface area (Å²) in [5.41, 5.74) is 2.69. The molecule has 4 rings (SSSR count). The number of fused-ring (bicyclic) bond motifs is 1. The topological polar surface area (TPSA) is 109 Å². The summed E-state index contributed by atoms with van der Waals surface area (Å²) in [7, 11) is 1.53. The second-order valence-electron chi connectivity index (χ2n) is 6.83. The normalized spacial score (nSPS) is 11.5. The van der Waals surface area contributed by atoms with E-state index in [1.165, 1.54) is 7.11 Å². The number of ether oxygens (including phenoxy) is 1. The van der Waals surface area contributed by atoms with Crippen molar-refractivity contribution >= 4 is 22.2 Å². The van der Waals surface area contributed by atoms with Gasteiger partial charge < -0.3 is 9.84 Å². The molecule has 0 aliphatic heterocycles. The molecular formula is C23H20N4O4. The molecule has 0 bridgehead atoms. The van der Waals surface area contributed by atoms with E-state index in [0.717, 1.165) is 21.0 Å². The zero-order valence-electron chi connectivity index (χ0n) is 16.9. The average Bonchev–Trinajstić information content (AvgIpc) is 2.77. The van der Waals surface area contributed by atoms with Gasteiger partial charge in [0.05, 0.1) is 24.2 Å². The second kappa shape index (κ2) is 8.19. The van der Waals surface area contributed by atoms with Gasteiger partial charge in [-0.05, 0) is 42.6 Å². The van der Waals surface area contributed by atoms with Gasteiger partial charge in [0, 0.05) is 5.39 Å².